The fourth-order valence-corrected chi connectivity index (χ4v) is 3.93. The van der Waals surface area contributed by atoms with E-state index in [0.717, 1.165) is 49.8 Å². The maximum atomic E-state index is 5.64. The summed E-state index contributed by atoms with van der Waals surface area (Å²) in [5.41, 5.74) is 6.31. The average Bonchev–Trinajstić information content (AvgIpc) is 3.20. The summed E-state index contributed by atoms with van der Waals surface area (Å²) in [7, 11) is 0. The Morgan fingerprint density at radius 2 is 2.13 bits per heavy atom. The fraction of sp³-hybridized carbons (Fsp3) is 0.474. The highest BCUT2D eigenvalue weighted by Gasteiger charge is 2.29. The first-order chi connectivity index (χ1) is 11.3. The molecule has 4 heteroatoms. The average molecular weight is 307 g/mol. The van der Waals surface area contributed by atoms with Crippen molar-refractivity contribution in [3.63, 3.8) is 0 Å². The van der Waals surface area contributed by atoms with Crippen LogP contribution >= 0.6 is 0 Å². The Labute approximate surface area is 136 Å². The molecule has 23 heavy (non-hydrogen) atoms. The van der Waals surface area contributed by atoms with Gasteiger partial charge in [-0.3, -0.25) is 0 Å². The van der Waals surface area contributed by atoms with Crippen LogP contribution in [0.15, 0.2) is 18.2 Å². The van der Waals surface area contributed by atoms with Crippen LogP contribution in [0.2, 0.25) is 0 Å². The third kappa shape index (κ3) is 2.04. The first-order valence-corrected chi connectivity index (χ1v) is 8.72. The molecule has 1 aromatic carbocycles. The van der Waals surface area contributed by atoms with Crippen molar-refractivity contribution in [3.05, 3.63) is 35.0 Å². The van der Waals surface area contributed by atoms with Crippen LogP contribution < -0.4 is 9.64 Å². The van der Waals surface area contributed by atoms with Gasteiger partial charge in [0.05, 0.1) is 12.3 Å². The quantitative estimate of drug-likeness (QED) is 0.854. The van der Waals surface area contributed by atoms with Crippen LogP contribution in [0.1, 0.15) is 36.6 Å². The summed E-state index contributed by atoms with van der Waals surface area (Å²) in [6, 6.07) is 7.10. The van der Waals surface area contributed by atoms with Crippen molar-refractivity contribution in [2.45, 2.75) is 45.1 Å². The van der Waals surface area contributed by atoms with Crippen molar-refractivity contribution in [2.75, 3.05) is 18.1 Å². The molecule has 0 radical (unpaired) electrons. The van der Waals surface area contributed by atoms with Gasteiger partial charge in [-0.05, 0) is 56.4 Å². The lowest BCUT2D eigenvalue weighted by Gasteiger charge is -2.39. The van der Waals surface area contributed by atoms with E-state index in [9.17, 15) is 0 Å². The topological polar surface area (TPSA) is 38.2 Å². The summed E-state index contributed by atoms with van der Waals surface area (Å²) in [6.45, 7) is 4.14. The Bertz CT molecular complexity index is 786. The van der Waals surface area contributed by atoms with Gasteiger partial charge in [0.25, 0.3) is 0 Å². The molecule has 0 N–H and O–H groups in total. The van der Waals surface area contributed by atoms with Crippen LogP contribution in [0.3, 0.4) is 0 Å². The molecule has 0 spiro atoms. The number of fused-ring (bicyclic) bond motifs is 2. The van der Waals surface area contributed by atoms with E-state index >= 15 is 0 Å². The zero-order valence-electron chi connectivity index (χ0n) is 13.5. The molecule has 1 aromatic heterocycles. The van der Waals surface area contributed by atoms with Gasteiger partial charge in [0, 0.05) is 35.8 Å². The zero-order chi connectivity index (χ0) is 15.4. The van der Waals surface area contributed by atoms with Gasteiger partial charge in [-0.25, -0.2) is 9.97 Å². The Hall–Kier alpha value is -2.10. The van der Waals surface area contributed by atoms with E-state index in [4.69, 9.17) is 14.7 Å². The van der Waals surface area contributed by atoms with Crippen LogP contribution in [0.4, 0.5) is 5.95 Å². The molecule has 4 nitrogen and oxygen atoms in total. The number of aromatic nitrogens is 2. The monoisotopic (exact) mass is 307 g/mol. The molecule has 0 amide bonds. The number of hydrogen-bond donors (Lipinski definition) is 0. The van der Waals surface area contributed by atoms with Gasteiger partial charge < -0.3 is 9.64 Å². The van der Waals surface area contributed by atoms with Gasteiger partial charge in [0.1, 0.15) is 5.75 Å². The van der Waals surface area contributed by atoms with Crippen LogP contribution in [0, 0.1) is 0 Å². The molecule has 5 rings (SSSR count). The predicted octanol–water partition coefficient (Wildman–Crippen LogP) is 3.17. The molecule has 1 fully saturated rings. The second kappa shape index (κ2) is 4.95. The van der Waals surface area contributed by atoms with Gasteiger partial charge in [0.15, 0.2) is 0 Å². The van der Waals surface area contributed by atoms with Gasteiger partial charge in [-0.1, -0.05) is 0 Å². The van der Waals surface area contributed by atoms with E-state index in [-0.39, 0.29) is 0 Å². The molecule has 1 saturated heterocycles. The second-order valence-electron chi connectivity index (χ2n) is 6.90. The Balaban J connectivity index is 1.64. The molecule has 3 heterocycles. The number of nitrogens with zero attached hydrogens (tertiary/aromatic N) is 3. The van der Waals surface area contributed by atoms with Crippen LogP contribution in [-0.4, -0.2) is 29.2 Å². The lowest BCUT2D eigenvalue weighted by Crippen LogP contribution is -2.46. The number of rotatable bonds is 2. The van der Waals surface area contributed by atoms with Crippen molar-refractivity contribution in [3.8, 4) is 17.0 Å². The van der Waals surface area contributed by atoms with E-state index < -0.39 is 0 Å². The third-order valence-corrected chi connectivity index (χ3v) is 5.46. The maximum Gasteiger partial charge on any atom is 0.226 e. The van der Waals surface area contributed by atoms with E-state index in [2.05, 4.69) is 30.0 Å². The van der Waals surface area contributed by atoms with Gasteiger partial charge in [0.2, 0.25) is 5.95 Å². The Morgan fingerprint density at radius 1 is 1.17 bits per heavy atom. The summed E-state index contributed by atoms with van der Waals surface area (Å²) < 4.78 is 5.64. The molecule has 2 aliphatic heterocycles. The Morgan fingerprint density at radius 3 is 2.96 bits per heavy atom. The molecule has 0 saturated carbocycles. The highest BCUT2D eigenvalue weighted by molar-refractivity contribution is 5.68. The largest absolute Gasteiger partial charge is 0.493 e. The van der Waals surface area contributed by atoms with Crippen LogP contribution in [0.25, 0.3) is 11.3 Å². The van der Waals surface area contributed by atoms with Gasteiger partial charge >= 0.3 is 0 Å². The minimum atomic E-state index is 0.565. The predicted molar refractivity (Wildman–Crippen MR) is 90.1 cm³/mol. The number of benzene rings is 1. The third-order valence-electron chi connectivity index (χ3n) is 5.46. The van der Waals surface area contributed by atoms with Crippen molar-refractivity contribution in [1.29, 1.82) is 0 Å². The number of anilines is 1. The molecule has 1 atom stereocenters. The van der Waals surface area contributed by atoms with Crippen molar-refractivity contribution in [2.24, 2.45) is 0 Å². The van der Waals surface area contributed by atoms with E-state index in [1.54, 1.807) is 0 Å². The summed E-state index contributed by atoms with van der Waals surface area (Å²) >= 11 is 0. The first-order valence-electron chi connectivity index (χ1n) is 8.72. The van der Waals surface area contributed by atoms with Crippen molar-refractivity contribution in [1.82, 2.24) is 9.97 Å². The molecule has 2 aromatic rings. The standard InChI is InChI=1S/C19H21N3O/c1-12-7-9-22(12)19-20-16-4-2-3-15(16)18(21-19)14-5-6-17-13(11-14)8-10-23-17/h5-6,11-12H,2-4,7-10H2,1H3/t12-/m0/s1. The molecule has 1 aliphatic carbocycles. The lowest BCUT2D eigenvalue weighted by atomic mass is 10.0. The summed E-state index contributed by atoms with van der Waals surface area (Å²) in [6.07, 6.45) is 5.64. The van der Waals surface area contributed by atoms with E-state index in [0.29, 0.717) is 6.04 Å². The number of ether oxygens (including phenoxy) is 1. The van der Waals surface area contributed by atoms with Crippen LogP contribution in [0.5, 0.6) is 5.75 Å². The smallest absolute Gasteiger partial charge is 0.226 e. The second-order valence-corrected chi connectivity index (χ2v) is 6.90. The van der Waals surface area contributed by atoms with Crippen LogP contribution in [-0.2, 0) is 19.3 Å². The van der Waals surface area contributed by atoms with E-state index in [1.807, 2.05) is 0 Å². The maximum absolute atomic E-state index is 5.64. The molecule has 118 valence electrons. The fourth-order valence-electron chi connectivity index (χ4n) is 3.93. The summed E-state index contributed by atoms with van der Waals surface area (Å²) in [5.74, 6) is 1.96. The number of aryl methyl sites for hydroxylation is 1. The molecular formula is C19H21N3O. The summed E-state index contributed by atoms with van der Waals surface area (Å²) in [4.78, 5) is 12.2. The minimum Gasteiger partial charge on any atom is -0.493 e. The first kappa shape index (κ1) is 13.3. The minimum absolute atomic E-state index is 0.565. The normalized spacial score (nSPS) is 21.6. The van der Waals surface area contributed by atoms with E-state index in [1.165, 1.54) is 35.2 Å². The lowest BCUT2D eigenvalue weighted by molar-refractivity contribution is 0.357. The zero-order valence-corrected chi connectivity index (χ0v) is 13.5. The van der Waals surface area contributed by atoms with Crippen molar-refractivity contribution >= 4 is 5.95 Å². The SMILES string of the molecule is C[C@H]1CCN1c1nc2c(c(-c3ccc4c(c3)CCO4)n1)CCC2. The molecular weight excluding hydrogens is 286 g/mol. The van der Waals surface area contributed by atoms with Crippen molar-refractivity contribution < 1.29 is 4.74 Å². The molecule has 3 aliphatic rings. The molecule has 0 unspecified atom stereocenters. The van der Waals surface area contributed by atoms with Gasteiger partial charge in [-0.15, -0.1) is 0 Å². The Kier molecular flexibility index (Phi) is 2.87. The number of hydrogen-bond acceptors (Lipinski definition) is 4. The molecule has 0 bridgehead atoms. The highest BCUT2D eigenvalue weighted by atomic mass is 16.5. The highest BCUT2D eigenvalue weighted by Crippen LogP contribution is 2.36. The van der Waals surface area contributed by atoms with Gasteiger partial charge in [-0.2, -0.15) is 0 Å². The summed E-state index contributed by atoms with van der Waals surface area (Å²) in [5, 5.41) is 0.